The minimum Gasteiger partial charge on any atom is -0.508 e. The summed E-state index contributed by atoms with van der Waals surface area (Å²) in [5, 5.41) is 19.7. The topological polar surface area (TPSA) is 46.9 Å². The Hall–Kier alpha value is -2.56. The summed E-state index contributed by atoms with van der Waals surface area (Å²) in [4.78, 5) is 5.30. The zero-order chi connectivity index (χ0) is 30.4. The van der Waals surface area contributed by atoms with Crippen LogP contribution in [0.4, 0.5) is 0 Å². The second-order valence-electron chi connectivity index (χ2n) is 14.7. The largest absolute Gasteiger partial charge is 0.508 e. The molecule has 6 atom stereocenters. The van der Waals surface area contributed by atoms with Crippen LogP contribution < -0.4 is 0 Å². The number of aromatic hydroxyl groups is 2. The van der Waals surface area contributed by atoms with Crippen LogP contribution in [0, 0.1) is 11.8 Å². The van der Waals surface area contributed by atoms with E-state index in [1.807, 2.05) is 24.3 Å². The number of allylic oxidation sites excluding steroid dienone is 2. The molecule has 4 nitrogen and oxygen atoms in total. The molecule has 2 aromatic rings. The molecule has 0 unspecified atom stereocenters. The van der Waals surface area contributed by atoms with Crippen molar-refractivity contribution in [2.45, 2.75) is 104 Å². The van der Waals surface area contributed by atoms with E-state index in [1.165, 1.54) is 46.2 Å². The fourth-order valence-corrected chi connectivity index (χ4v) is 8.44. The molecule has 2 aliphatic carbocycles. The number of piperidine rings is 2. The summed E-state index contributed by atoms with van der Waals surface area (Å²) in [6.45, 7) is 22.7. The fraction of sp³-hybridized carbons (Fsp3) is 0.579. The highest BCUT2D eigenvalue weighted by molar-refractivity contribution is 5.45. The summed E-state index contributed by atoms with van der Waals surface area (Å²) < 4.78 is 0. The molecule has 2 heterocycles. The van der Waals surface area contributed by atoms with E-state index >= 15 is 0 Å². The number of rotatable bonds is 4. The van der Waals surface area contributed by atoms with Crippen LogP contribution in [0.5, 0.6) is 11.5 Å². The molecule has 0 radical (unpaired) electrons. The van der Waals surface area contributed by atoms with Gasteiger partial charge >= 0.3 is 0 Å². The standard InChI is InChI=1S/2C19H27NO/c2*1-13(2)7-9-20-10-8-19(4)14(3)18(20)11-15-5-6-16(21)12-17(15)19/h2*5-7,12,14,18,21H,8-11H2,1-4H3/t2*14-,18+,19+/m10/s1. The minimum atomic E-state index is 0.207. The Labute approximate surface area is 255 Å². The van der Waals surface area contributed by atoms with Crippen molar-refractivity contribution in [3.63, 3.8) is 0 Å². The molecule has 0 amide bonds. The molecule has 0 spiro atoms. The van der Waals surface area contributed by atoms with E-state index < -0.39 is 0 Å². The van der Waals surface area contributed by atoms with Gasteiger partial charge < -0.3 is 10.2 Å². The van der Waals surface area contributed by atoms with Crippen molar-refractivity contribution in [3.05, 3.63) is 82.0 Å². The van der Waals surface area contributed by atoms with E-state index in [0.29, 0.717) is 35.4 Å². The number of hydrogen-bond donors (Lipinski definition) is 2. The Bertz CT molecular complexity index is 1250. The van der Waals surface area contributed by atoms with Crippen LogP contribution in [0.3, 0.4) is 0 Å². The molecule has 0 saturated carbocycles. The van der Waals surface area contributed by atoms with E-state index in [2.05, 4.69) is 89.5 Å². The Morgan fingerprint density at radius 3 is 1.45 bits per heavy atom. The van der Waals surface area contributed by atoms with Crippen LogP contribution in [-0.2, 0) is 23.7 Å². The normalized spacial score (nSPS) is 31.6. The van der Waals surface area contributed by atoms with Crippen molar-refractivity contribution in [1.82, 2.24) is 9.80 Å². The number of hydrogen-bond acceptors (Lipinski definition) is 4. The van der Waals surface area contributed by atoms with E-state index in [1.54, 1.807) is 0 Å². The summed E-state index contributed by atoms with van der Waals surface area (Å²) in [6, 6.07) is 13.2. The van der Waals surface area contributed by atoms with Crippen LogP contribution in [0.1, 0.15) is 90.5 Å². The van der Waals surface area contributed by atoms with Crippen molar-refractivity contribution < 1.29 is 10.2 Å². The molecule has 4 heteroatoms. The Morgan fingerprint density at radius 2 is 1.10 bits per heavy atom. The van der Waals surface area contributed by atoms with Crippen molar-refractivity contribution >= 4 is 0 Å². The zero-order valence-electron chi connectivity index (χ0n) is 27.4. The van der Waals surface area contributed by atoms with Crippen LogP contribution >= 0.6 is 0 Å². The average molecular weight is 571 g/mol. The summed E-state index contributed by atoms with van der Waals surface area (Å²) in [7, 11) is 0. The highest BCUT2D eigenvalue weighted by atomic mass is 16.3. The first-order valence-electron chi connectivity index (χ1n) is 16.2. The second kappa shape index (κ2) is 11.8. The third-order valence-corrected chi connectivity index (χ3v) is 11.7. The van der Waals surface area contributed by atoms with Gasteiger partial charge in [0.05, 0.1) is 0 Å². The highest BCUT2D eigenvalue weighted by Crippen LogP contribution is 2.50. The summed E-state index contributed by atoms with van der Waals surface area (Å²) >= 11 is 0. The van der Waals surface area contributed by atoms with Crippen molar-refractivity contribution in [1.29, 1.82) is 0 Å². The lowest BCUT2D eigenvalue weighted by Crippen LogP contribution is -2.57. The second-order valence-corrected chi connectivity index (χ2v) is 14.7. The van der Waals surface area contributed by atoms with Gasteiger partial charge in [-0.2, -0.15) is 0 Å². The van der Waals surface area contributed by atoms with E-state index in [9.17, 15) is 10.2 Å². The van der Waals surface area contributed by atoms with Gasteiger partial charge in [0.15, 0.2) is 0 Å². The van der Waals surface area contributed by atoms with Crippen molar-refractivity contribution in [2.24, 2.45) is 11.8 Å². The molecular weight excluding hydrogens is 516 g/mol. The third kappa shape index (κ3) is 5.69. The number of phenolic OH excluding ortho intramolecular Hbond substituents is 2. The van der Waals surface area contributed by atoms with Crippen molar-refractivity contribution in [3.8, 4) is 11.5 Å². The van der Waals surface area contributed by atoms with Crippen LogP contribution in [0.25, 0.3) is 0 Å². The van der Waals surface area contributed by atoms with Gasteiger partial charge in [0, 0.05) is 25.2 Å². The summed E-state index contributed by atoms with van der Waals surface area (Å²) in [5.74, 6) is 2.08. The molecule has 2 aliphatic heterocycles. The molecule has 42 heavy (non-hydrogen) atoms. The number of fused-ring (bicyclic) bond motifs is 8. The molecular formula is C38H54N2O2. The van der Waals surface area contributed by atoms with E-state index in [4.69, 9.17) is 0 Å². The summed E-state index contributed by atoms with van der Waals surface area (Å²) in [5.41, 5.74) is 8.84. The maximum atomic E-state index is 9.87. The first-order valence-corrected chi connectivity index (χ1v) is 16.2. The van der Waals surface area contributed by atoms with Gasteiger partial charge in [-0.3, -0.25) is 9.80 Å². The maximum Gasteiger partial charge on any atom is 0.115 e. The molecule has 4 aliphatic rings. The van der Waals surface area contributed by atoms with Gasteiger partial charge in [0.25, 0.3) is 0 Å². The van der Waals surface area contributed by atoms with Crippen LogP contribution in [0.2, 0.25) is 0 Å². The van der Waals surface area contributed by atoms with Crippen LogP contribution in [-0.4, -0.2) is 58.3 Å². The fourth-order valence-electron chi connectivity index (χ4n) is 8.44. The Kier molecular flexibility index (Phi) is 8.71. The quantitative estimate of drug-likeness (QED) is 0.369. The Morgan fingerprint density at radius 1 is 0.714 bits per heavy atom. The minimum absolute atomic E-state index is 0.207. The molecule has 2 saturated heterocycles. The Balaban J connectivity index is 0.000000168. The third-order valence-electron chi connectivity index (χ3n) is 11.7. The number of benzene rings is 2. The predicted molar refractivity (Wildman–Crippen MR) is 175 cm³/mol. The molecule has 2 fully saturated rings. The van der Waals surface area contributed by atoms with Gasteiger partial charge in [-0.25, -0.2) is 0 Å². The van der Waals surface area contributed by atoms with Gasteiger partial charge in [-0.1, -0.05) is 63.1 Å². The number of nitrogens with zero attached hydrogens (tertiary/aromatic N) is 2. The van der Waals surface area contributed by atoms with E-state index in [-0.39, 0.29) is 10.8 Å². The molecule has 2 aromatic carbocycles. The SMILES string of the molecule is CC(C)=CCN1CC[C@@]2(C)c3cc(O)ccc3C[C@@H]1[C@@H]2C.CC(C)=CCN1CC[C@]2(C)c3cc(O)ccc3C[C@H]1[C@H]2C. The molecule has 6 rings (SSSR count). The smallest absolute Gasteiger partial charge is 0.115 e. The molecule has 228 valence electrons. The predicted octanol–water partition coefficient (Wildman–Crippen LogP) is 7.77. The lowest BCUT2D eigenvalue weighted by Gasteiger charge is -2.54. The maximum absolute atomic E-state index is 9.87. The zero-order valence-corrected chi connectivity index (χ0v) is 27.4. The first-order chi connectivity index (χ1) is 19.8. The van der Waals surface area contributed by atoms with Crippen LogP contribution in [0.15, 0.2) is 59.7 Å². The van der Waals surface area contributed by atoms with Gasteiger partial charge in [0.1, 0.15) is 11.5 Å². The van der Waals surface area contributed by atoms with Gasteiger partial charge in [-0.15, -0.1) is 0 Å². The molecule has 0 aromatic heterocycles. The monoisotopic (exact) mass is 570 g/mol. The number of phenols is 2. The highest BCUT2D eigenvalue weighted by Gasteiger charge is 2.49. The lowest BCUT2D eigenvalue weighted by molar-refractivity contribution is 0.0396. The van der Waals surface area contributed by atoms with Gasteiger partial charge in [-0.05, 0) is 136 Å². The molecule has 2 N–H and O–H groups in total. The summed E-state index contributed by atoms with van der Waals surface area (Å²) in [6.07, 6.45) is 9.28. The average Bonchev–Trinajstić information content (AvgIpc) is 2.93. The number of likely N-dealkylation sites (tertiary alicyclic amines) is 2. The lowest BCUT2D eigenvalue weighted by atomic mass is 9.59. The van der Waals surface area contributed by atoms with Crippen molar-refractivity contribution in [2.75, 3.05) is 26.2 Å². The van der Waals surface area contributed by atoms with Gasteiger partial charge in [0.2, 0.25) is 0 Å². The molecule has 4 bridgehead atoms. The first kappa shape index (κ1) is 30.9. The van der Waals surface area contributed by atoms with E-state index in [0.717, 1.165) is 39.0 Å².